The largest absolute Gasteiger partial charge is 0.296 e. The van der Waals surface area contributed by atoms with Gasteiger partial charge in [-0.05, 0) is 19.1 Å². The minimum Gasteiger partial charge on any atom is -0.296 e. The summed E-state index contributed by atoms with van der Waals surface area (Å²) in [5, 5.41) is 11.9. The average Bonchev–Trinajstić information content (AvgIpc) is 3.14. The van der Waals surface area contributed by atoms with Crippen LogP contribution in [0.1, 0.15) is 40.1 Å². The van der Waals surface area contributed by atoms with Gasteiger partial charge in [0.25, 0.3) is 5.91 Å². The molecule has 25 heavy (non-hydrogen) atoms. The molecule has 0 aliphatic heterocycles. The maximum absolute atomic E-state index is 13.9. The fraction of sp³-hybridized carbons (Fsp3) is 0.250. The van der Waals surface area contributed by atoms with Gasteiger partial charge in [-0.1, -0.05) is 31.3 Å². The van der Waals surface area contributed by atoms with E-state index in [0.717, 1.165) is 28.5 Å². The van der Waals surface area contributed by atoms with Gasteiger partial charge in [-0.2, -0.15) is 0 Å². The van der Waals surface area contributed by atoms with Gasteiger partial charge in [-0.3, -0.25) is 10.1 Å². The van der Waals surface area contributed by atoms with E-state index in [1.165, 1.54) is 17.4 Å². The second kappa shape index (κ2) is 6.93. The highest BCUT2D eigenvalue weighted by Crippen LogP contribution is 2.32. The molecule has 1 aromatic carbocycles. The summed E-state index contributed by atoms with van der Waals surface area (Å²) in [6.45, 7) is 5.58. The lowest BCUT2D eigenvalue weighted by Gasteiger charge is -2.00. The van der Waals surface area contributed by atoms with Crippen LogP contribution in [0.15, 0.2) is 18.2 Å². The van der Waals surface area contributed by atoms with Crippen molar-refractivity contribution in [1.82, 2.24) is 15.2 Å². The summed E-state index contributed by atoms with van der Waals surface area (Å²) in [6, 6.07) is 3.59. The van der Waals surface area contributed by atoms with Crippen molar-refractivity contribution in [1.29, 1.82) is 0 Å². The second-order valence-corrected chi connectivity index (χ2v) is 7.59. The second-order valence-electron chi connectivity index (χ2n) is 5.58. The van der Waals surface area contributed by atoms with Crippen LogP contribution in [0.5, 0.6) is 0 Å². The quantitative estimate of drug-likeness (QED) is 0.717. The Morgan fingerprint density at radius 1 is 1.16 bits per heavy atom. The molecule has 0 saturated heterocycles. The van der Waals surface area contributed by atoms with Crippen LogP contribution in [0, 0.1) is 18.6 Å². The van der Waals surface area contributed by atoms with Gasteiger partial charge < -0.3 is 0 Å². The summed E-state index contributed by atoms with van der Waals surface area (Å²) >= 11 is 2.22. The van der Waals surface area contributed by atoms with Crippen LogP contribution in [0.4, 0.5) is 13.9 Å². The van der Waals surface area contributed by atoms with E-state index in [-0.39, 0.29) is 21.4 Å². The summed E-state index contributed by atoms with van der Waals surface area (Å²) in [5.41, 5.74) is 0.168. The topological polar surface area (TPSA) is 67.8 Å². The van der Waals surface area contributed by atoms with Gasteiger partial charge in [-0.25, -0.2) is 13.8 Å². The third-order valence-electron chi connectivity index (χ3n) is 3.33. The van der Waals surface area contributed by atoms with Gasteiger partial charge in [-0.15, -0.1) is 21.5 Å². The van der Waals surface area contributed by atoms with E-state index in [1.54, 1.807) is 6.92 Å². The van der Waals surface area contributed by atoms with Crippen molar-refractivity contribution < 1.29 is 13.6 Å². The first-order valence-corrected chi connectivity index (χ1v) is 9.06. The molecule has 1 N–H and O–H groups in total. The Labute approximate surface area is 150 Å². The zero-order valence-electron chi connectivity index (χ0n) is 13.6. The SMILES string of the molecule is Cc1nc(-c2c(F)cccc2F)sc1C(=O)Nc1nnc(C(C)C)s1. The molecule has 0 aliphatic rings. The Kier molecular flexibility index (Phi) is 4.87. The molecule has 3 aromatic rings. The van der Waals surface area contributed by atoms with E-state index >= 15 is 0 Å². The van der Waals surface area contributed by atoms with Crippen LogP contribution in [-0.2, 0) is 0 Å². The molecule has 0 aliphatic carbocycles. The number of nitrogens with one attached hydrogen (secondary N) is 1. The molecule has 0 radical (unpaired) electrons. The predicted octanol–water partition coefficient (Wildman–Crippen LogP) is 4.62. The molecule has 9 heteroatoms. The first-order valence-electron chi connectivity index (χ1n) is 7.43. The minimum atomic E-state index is -0.716. The molecule has 130 valence electrons. The normalized spacial score (nSPS) is 11.1. The standard InChI is InChI=1S/C16H14F2N4OS2/c1-7(2)14-21-22-16(25-14)20-13(23)12-8(3)19-15(24-12)11-9(17)5-4-6-10(11)18/h4-7H,1-3H3,(H,20,22,23). The van der Waals surface area contributed by atoms with Gasteiger partial charge >= 0.3 is 0 Å². The van der Waals surface area contributed by atoms with Crippen molar-refractivity contribution in [2.24, 2.45) is 0 Å². The van der Waals surface area contributed by atoms with Crippen LogP contribution < -0.4 is 5.32 Å². The van der Waals surface area contributed by atoms with Crippen molar-refractivity contribution in [3.05, 3.63) is 45.4 Å². The highest BCUT2D eigenvalue weighted by Gasteiger charge is 2.21. The van der Waals surface area contributed by atoms with Crippen molar-refractivity contribution in [3.8, 4) is 10.6 Å². The number of carbonyl (C=O) groups is 1. The summed E-state index contributed by atoms with van der Waals surface area (Å²) in [7, 11) is 0. The van der Waals surface area contributed by atoms with Gasteiger partial charge in [0, 0.05) is 5.92 Å². The maximum Gasteiger partial charge on any atom is 0.269 e. The predicted molar refractivity (Wildman–Crippen MR) is 94.2 cm³/mol. The lowest BCUT2D eigenvalue weighted by molar-refractivity contribution is 0.102. The van der Waals surface area contributed by atoms with Gasteiger partial charge in [0.15, 0.2) is 0 Å². The number of amides is 1. The zero-order chi connectivity index (χ0) is 18.1. The highest BCUT2D eigenvalue weighted by molar-refractivity contribution is 7.17. The number of hydrogen-bond donors (Lipinski definition) is 1. The first-order chi connectivity index (χ1) is 11.9. The average molecular weight is 380 g/mol. The maximum atomic E-state index is 13.9. The van der Waals surface area contributed by atoms with Crippen LogP contribution in [0.2, 0.25) is 0 Å². The lowest BCUT2D eigenvalue weighted by atomic mass is 10.2. The number of benzene rings is 1. The molecule has 0 saturated carbocycles. The number of nitrogens with zero attached hydrogens (tertiary/aromatic N) is 3. The Balaban J connectivity index is 1.88. The molecule has 0 bridgehead atoms. The smallest absolute Gasteiger partial charge is 0.269 e. The number of halogens is 2. The number of aryl methyl sites for hydroxylation is 1. The number of anilines is 1. The Bertz CT molecular complexity index is 916. The molecule has 2 heterocycles. The van der Waals surface area contributed by atoms with E-state index in [9.17, 15) is 13.6 Å². The lowest BCUT2D eigenvalue weighted by Crippen LogP contribution is -2.11. The summed E-state index contributed by atoms with van der Waals surface area (Å²) in [4.78, 5) is 16.9. The number of thiazole rings is 1. The number of rotatable bonds is 4. The molecule has 2 aromatic heterocycles. The summed E-state index contributed by atoms with van der Waals surface area (Å²) in [5.74, 6) is -1.65. The molecule has 1 amide bonds. The van der Waals surface area contributed by atoms with Crippen LogP contribution >= 0.6 is 22.7 Å². The third kappa shape index (κ3) is 3.57. The molecular formula is C16H14F2N4OS2. The zero-order valence-corrected chi connectivity index (χ0v) is 15.3. The van der Waals surface area contributed by atoms with Crippen LogP contribution in [0.3, 0.4) is 0 Å². The van der Waals surface area contributed by atoms with Crippen molar-refractivity contribution in [2.45, 2.75) is 26.7 Å². The highest BCUT2D eigenvalue weighted by atomic mass is 32.1. The van der Waals surface area contributed by atoms with E-state index in [1.807, 2.05) is 13.8 Å². The van der Waals surface area contributed by atoms with E-state index < -0.39 is 17.5 Å². The molecule has 3 rings (SSSR count). The fourth-order valence-electron chi connectivity index (χ4n) is 2.09. The van der Waals surface area contributed by atoms with E-state index in [2.05, 4.69) is 20.5 Å². The Morgan fingerprint density at radius 2 is 1.84 bits per heavy atom. The van der Waals surface area contributed by atoms with Crippen molar-refractivity contribution in [2.75, 3.05) is 5.32 Å². The third-order valence-corrected chi connectivity index (χ3v) is 5.65. The van der Waals surface area contributed by atoms with E-state index in [4.69, 9.17) is 0 Å². The van der Waals surface area contributed by atoms with Crippen LogP contribution in [-0.4, -0.2) is 21.1 Å². The molecular weight excluding hydrogens is 366 g/mol. The number of hydrogen-bond acceptors (Lipinski definition) is 6. The molecule has 0 atom stereocenters. The molecule has 0 unspecified atom stereocenters. The first kappa shape index (κ1) is 17.6. The van der Waals surface area contributed by atoms with Crippen molar-refractivity contribution in [3.63, 3.8) is 0 Å². The van der Waals surface area contributed by atoms with Gasteiger partial charge in [0.1, 0.15) is 26.5 Å². The number of aromatic nitrogens is 3. The van der Waals surface area contributed by atoms with Gasteiger partial charge in [0.05, 0.1) is 11.3 Å². The van der Waals surface area contributed by atoms with Crippen LogP contribution in [0.25, 0.3) is 10.6 Å². The summed E-state index contributed by atoms with van der Waals surface area (Å²) < 4.78 is 27.8. The number of carbonyl (C=O) groups excluding carboxylic acids is 1. The van der Waals surface area contributed by atoms with Gasteiger partial charge in [0.2, 0.25) is 5.13 Å². The minimum absolute atomic E-state index is 0.124. The molecule has 0 fully saturated rings. The summed E-state index contributed by atoms with van der Waals surface area (Å²) in [6.07, 6.45) is 0. The Morgan fingerprint density at radius 3 is 2.44 bits per heavy atom. The van der Waals surface area contributed by atoms with E-state index in [0.29, 0.717) is 10.8 Å². The fourth-order valence-corrected chi connectivity index (χ4v) is 3.84. The molecule has 5 nitrogen and oxygen atoms in total. The Hall–Kier alpha value is -2.26. The molecule has 0 spiro atoms. The monoisotopic (exact) mass is 380 g/mol. The van der Waals surface area contributed by atoms with Crippen molar-refractivity contribution >= 4 is 33.7 Å².